The van der Waals surface area contributed by atoms with E-state index in [1.165, 1.54) is 18.4 Å². The number of anilines is 3. The number of benzene rings is 5. The first-order valence-electron chi connectivity index (χ1n) is 13.0. The van der Waals surface area contributed by atoms with Crippen molar-refractivity contribution in [2.24, 2.45) is 0 Å². The Morgan fingerprint density at radius 3 is 1.53 bits per heavy atom. The first-order valence-corrected chi connectivity index (χ1v) is 14.5. The predicted octanol–water partition coefficient (Wildman–Crippen LogP) is 11.5. The Balaban J connectivity index is 1.45. The molecule has 0 amide bonds. The minimum absolute atomic E-state index is 0.848. The molecule has 0 saturated heterocycles. The zero-order valence-corrected chi connectivity index (χ0v) is 24.3. The van der Waals surface area contributed by atoms with Gasteiger partial charge in [-0.1, -0.05) is 93.7 Å². The van der Waals surface area contributed by atoms with Crippen LogP contribution in [0.3, 0.4) is 0 Å². The van der Waals surface area contributed by atoms with Crippen LogP contribution in [-0.2, 0) is 6.42 Å². The molecule has 188 valence electrons. The summed E-state index contributed by atoms with van der Waals surface area (Å²) in [7, 11) is 0. The Hall–Kier alpha value is -3.34. The highest BCUT2D eigenvalue weighted by atomic mass is 79.9. The highest BCUT2D eigenvalue weighted by Crippen LogP contribution is 2.52. The number of ether oxygens (including phenoxy) is 1. The lowest BCUT2D eigenvalue weighted by Crippen LogP contribution is -2.16. The van der Waals surface area contributed by atoms with Crippen LogP contribution in [0.4, 0.5) is 17.1 Å². The number of unbranched alkanes of at least 4 members (excludes halogenated alkanes) is 1. The molecule has 1 heterocycles. The number of hydrogen-bond donors (Lipinski definition) is 0. The summed E-state index contributed by atoms with van der Waals surface area (Å²) in [6.45, 7) is 2.24. The van der Waals surface area contributed by atoms with E-state index in [2.05, 4.69) is 153 Å². The van der Waals surface area contributed by atoms with E-state index in [1.807, 2.05) is 0 Å². The van der Waals surface area contributed by atoms with Crippen molar-refractivity contribution in [2.45, 2.75) is 26.2 Å². The van der Waals surface area contributed by atoms with Crippen LogP contribution in [0.25, 0.3) is 22.3 Å². The summed E-state index contributed by atoms with van der Waals surface area (Å²) in [5.41, 5.74) is 9.13. The normalized spacial score (nSPS) is 12.0. The highest BCUT2D eigenvalue weighted by Gasteiger charge is 2.27. The van der Waals surface area contributed by atoms with Crippen molar-refractivity contribution in [3.63, 3.8) is 0 Å². The van der Waals surface area contributed by atoms with Crippen molar-refractivity contribution >= 4 is 48.9 Å². The van der Waals surface area contributed by atoms with Crippen molar-refractivity contribution < 1.29 is 4.74 Å². The maximum Gasteiger partial charge on any atom is 0.152 e. The Kier molecular flexibility index (Phi) is 7.10. The van der Waals surface area contributed by atoms with Crippen LogP contribution in [0.2, 0.25) is 0 Å². The predicted molar refractivity (Wildman–Crippen MR) is 166 cm³/mol. The third-order valence-corrected chi connectivity index (χ3v) is 8.05. The molecule has 0 fully saturated rings. The number of fused-ring (bicyclic) bond motifs is 2. The molecular weight excluding hydrogens is 598 g/mol. The second-order valence-electron chi connectivity index (χ2n) is 9.59. The summed E-state index contributed by atoms with van der Waals surface area (Å²) in [4.78, 5) is 2.31. The minimum atomic E-state index is 0.848. The Morgan fingerprint density at radius 1 is 0.579 bits per heavy atom. The van der Waals surface area contributed by atoms with Gasteiger partial charge in [0.1, 0.15) is 0 Å². The van der Waals surface area contributed by atoms with Crippen LogP contribution in [-0.4, -0.2) is 0 Å². The van der Waals surface area contributed by atoms with Crippen LogP contribution >= 0.6 is 31.9 Å². The molecule has 0 bridgehead atoms. The molecule has 5 aromatic rings. The standard InChI is InChI=1S/C34H27Br2NO/c1-2-3-4-23-5-17-30(18-6-23)37-31-19-11-26(24-7-13-28(35)14-8-24)21-33(31)38-34-22-27(12-20-32(34)37)25-9-15-29(36)16-10-25/h5-22H,2-4H2,1H3. The number of aryl methyl sites for hydroxylation is 1. The fourth-order valence-electron chi connectivity index (χ4n) is 4.92. The molecule has 0 atom stereocenters. The van der Waals surface area contributed by atoms with Gasteiger partial charge in [0.25, 0.3) is 0 Å². The summed E-state index contributed by atoms with van der Waals surface area (Å²) in [5.74, 6) is 1.70. The summed E-state index contributed by atoms with van der Waals surface area (Å²) >= 11 is 7.09. The monoisotopic (exact) mass is 623 g/mol. The summed E-state index contributed by atoms with van der Waals surface area (Å²) in [6, 6.07) is 38.8. The van der Waals surface area contributed by atoms with Gasteiger partial charge in [-0.05, 0) is 101 Å². The van der Waals surface area contributed by atoms with Gasteiger partial charge in [-0.15, -0.1) is 0 Å². The third kappa shape index (κ3) is 5.03. The minimum Gasteiger partial charge on any atom is -0.453 e. The van der Waals surface area contributed by atoms with Crippen LogP contribution < -0.4 is 9.64 Å². The van der Waals surface area contributed by atoms with E-state index >= 15 is 0 Å². The van der Waals surface area contributed by atoms with Gasteiger partial charge < -0.3 is 9.64 Å². The molecule has 0 aromatic heterocycles. The number of hydrogen-bond acceptors (Lipinski definition) is 2. The Bertz CT molecular complexity index is 1480. The fraction of sp³-hybridized carbons (Fsp3) is 0.118. The molecule has 1 aliphatic heterocycles. The van der Waals surface area contributed by atoms with Crippen LogP contribution in [0, 0.1) is 0 Å². The zero-order valence-electron chi connectivity index (χ0n) is 21.1. The molecule has 6 rings (SSSR count). The summed E-state index contributed by atoms with van der Waals surface area (Å²) in [6.07, 6.45) is 3.52. The molecule has 0 saturated carbocycles. The molecule has 1 aliphatic rings. The van der Waals surface area contributed by atoms with Crippen molar-refractivity contribution in [1.82, 2.24) is 0 Å². The largest absolute Gasteiger partial charge is 0.453 e. The van der Waals surface area contributed by atoms with Crippen LogP contribution in [0.5, 0.6) is 11.5 Å². The van der Waals surface area contributed by atoms with E-state index < -0.39 is 0 Å². The molecule has 5 aromatic carbocycles. The molecule has 0 radical (unpaired) electrons. The molecule has 38 heavy (non-hydrogen) atoms. The van der Waals surface area contributed by atoms with E-state index in [1.54, 1.807) is 0 Å². The zero-order chi connectivity index (χ0) is 26.1. The molecule has 0 spiro atoms. The van der Waals surface area contributed by atoms with Crippen molar-refractivity contribution in [3.05, 3.63) is 124 Å². The van der Waals surface area contributed by atoms with Crippen LogP contribution in [0.1, 0.15) is 25.3 Å². The highest BCUT2D eigenvalue weighted by molar-refractivity contribution is 9.10. The molecular formula is C34H27Br2NO. The van der Waals surface area contributed by atoms with Gasteiger partial charge in [-0.25, -0.2) is 0 Å². The number of halogens is 2. The topological polar surface area (TPSA) is 12.5 Å². The van der Waals surface area contributed by atoms with E-state index in [-0.39, 0.29) is 0 Å². The SMILES string of the molecule is CCCCc1ccc(N2c3ccc(-c4ccc(Br)cc4)cc3Oc3cc(-c4ccc(Br)cc4)ccc32)cc1. The van der Waals surface area contributed by atoms with Gasteiger partial charge >= 0.3 is 0 Å². The van der Waals surface area contributed by atoms with Gasteiger partial charge in [-0.2, -0.15) is 0 Å². The number of rotatable bonds is 6. The van der Waals surface area contributed by atoms with Gasteiger partial charge in [0, 0.05) is 14.6 Å². The number of nitrogens with zero attached hydrogens (tertiary/aromatic N) is 1. The van der Waals surface area contributed by atoms with Gasteiger partial charge in [0.15, 0.2) is 11.5 Å². The average Bonchev–Trinajstić information content (AvgIpc) is 2.95. The second kappa shape index (κ2) is 10.8. The molecule has 4 heteroatoms. The van der Waals surface area contributed by atoms with Crippen molar-refractivity contribution in [2.75, 3.05) is 4.90 Å². The quantitative estimate of drug-likeness (QED) is 0.183. The van der Waals surface area contributed by atoms with E-state index in [9.17, 15) is 0 Å². The maximum atomic E-state index is 6.62. The fourth-order valence-corrected chi connectivity index (χ4v) is 5.45. The average molecular weight is 625 g/mol. The lowest BCUT2D eigenvalue weighted by atomic mass is 10.0. The molecule has 0 N–H and O–H groups in total. The van der Waals surface area contributed by atoms with Crippen molar-refractivity contribution in [1.29, 1.82) is 0 Å². The van der Waals surface area contributed by atoms with E-state index in [0.29, 0.717) is 0 Å². The Labute approximate surface area is 241 Å². The van der Waals surface area contributed by atoms with Gasteiger partial charge in [-0.3, -0.25) is 0 Å². The van der Waals surface area contributed by atoms with E-state index in [0.717, 1.165) is 66.2 Å². The summed E-state index contributed by atoms with van der Waals surface area (Å²) < 4.78 is 8.75. The Morgan fingerprint density at radius 2 is 1.05 bits per heavy atom. The third-order valence-electron chi connectivity index (χ3n) is 6.99. The summed E-state index contributed by atoms with van der Waals surface area (Å²) in [5, 5.41) is 0. The second-order valence-corrected chi connectivity index (χ2v) is 11.4. The molecule has 0 unspecified atom stereocenters. The smallest absolute Gasteiger partial charge is 0.152 e. The molecule has 0 aliphatic carbocycles. The van der Waals surface area contributed by atoms with E-state index in [4.69, 9.17) is 4.74 Å². The first-order chi connectivity index (χ1) is 18.6. The first kappa shape index (κ1) is 25.0. The van der Waals surface area contributed by atoms with Crippen LogP contribution in [0.15, 0.2) is 118 Å². The van der Waals surface area contributed by atoms with Gasteiger partial charge in [0.05, 0.1) is 11.4 Å². The van der Waals surface area contributed by atoms with Gasteiger partial charge in [0.2, 0.25) is 0 Å². The van der Waals surface area contributed by atoms with Crippen molar-refractivity contribution in [3.8, 4) is 33.8 Å². The molecule has 2 nitrogen and oxygen atoms in total. The maximum absolute atomic E-state index is 6.62. The lowest BCUT2D eigenvalue weighted by molar-refractivity contribution is 0.477. The lowest BCUT2D eigenvalue weighted by Gasteiger charge is -2.33.